The standard InChI is InChI=1S/C19H22N4O3S/c1-5-22-9-8-14(21-22)18(25)20-19-23(11-17(24)26-4)15-7-6-13(12(2)3)10-16(15)27-19/h6-10,12H,5,11H2,1-4H3. The lowest BCUT2D eigenvalue weighted by atomic mass is 10.0. The fourth-order valence-electron chi connectivity index (χ4n) is 2.68. The number of thiazole rings is 1. The van der Waals surface area contributed by atoms with Crippen LogP contribution in [0.15, 0.2) is 35.5 Å². The highest BCUT2D eigenvalue weighted by atomic mass is 32.1. The van der Waals surface area contributed by atoms with E-state index in [9.17, 15) is 9.59 Å². The molecule has 7 nitrogen and oxygen atoms in total. The van der Waals surface area contributed by atoms with Crippen molar-refractivity contribution in [3.63, 3.8) is 0 Å². The number of carbonyl (C=O) groups excluding carboxylic acids is 2. The summed E-state index contributed by atoms with van der Waals surface area (Å²) in [6.07, 6.45) is 1.74. The monoisotopic (exact) mass is 386 g/mol. The zero-order valence-electron chi connectivity index (χ0n) is 15.8. The minimum absolute atomic E-state index is 0.00691. The highest BCUT2D eigenvalue weighted by Gasteiger charge is 2.14. The summed E-state index contributed by atoms with van der Waals surface area (Å²) < 4.78 is 9.15. The molecule has 0 aliphatic heterocycles. The maximum Gasteiger partial charge on any atom is 0.325 e. The predicted octanol–water partition coefficient (Wildman–Crippen LogP) is 2.96. The lowest BCUT2D eigenvalue weighted by Crippen LogP contribution is -2.22. The Labute approximate surface area is 160 Å². The van der Waals surface area contributed by atoms with Crippen molar-refractivity contribution < 1.29 is 14.3 Å². The number of rotatable bonds is 5. The Morgan fingerprint density at radius 1 is 1.30 bits per heavy atom. The molecule has 3 aromatic rings. The minimum Gasteiger partial charge on any atom is -0.468 e. The molecule has 3 rings (SSSR count). The van der Waals surface area contributed by atoms with Crippen LogP contribution in [0.3, 0.4) is 0 Å². The number of nitrogens with zero attached hydrogens (tertiary/aromatic N) is 4. The highest BCUT2D eigenvalue weighted by Crippen LogP contribution is 2.23. The van der Waals surface area contributed by atoms with Gasteiger partial charge in [-0.25, -0.2) is 0 Å². The summed E-state index contributed by atoms with van der Waals surface area (Å²) >= 11 is 1.38. The Bertz CT molecular complexity index is 1060. The number of fused-ring (bicyclic) bond motifs is 1. The zero-order valence-corrected chi connectivity index (χ0v) is 16.6. The van der Waals surface area contributed by atoms with Crippen LogP contribution < -0.4 is 4.80 Å². The molecule has 2 heterocycles. The van der Waals surface area contributed by atoms with Gasteiger partial charge in [0.25, 0.3) is 5.91 Å². The van der Waals surface area contributed by atoms with Crippen LogP contribution in [0.4, 0.5) is 0 Å². The van der Waals surface area contributed by atoms with E-state index in [1.807, 2.05) is 19.1 Å². The summed E-state index contributed by atoms with van der Waals surface area (Å²) in [5.41, 5.74) is 2.32. The second-order valence-electron chi connectivity index (χ2n) is 6.40. The third-order valence-electron chi connectivity index (χ3n) is 4.27. The van der Waals surface area contributed by atoms with E-state index >= 15 is 0 Å². The van der Waals surface area contributed by atoms with Crippen molar-refractivity contribution in [2.75, 3.05) is 7.11 Å². The fraction of sp³-hybridized carbons (Fsp3) is 0.368. The van der Waals surface area contributed by atoms with E-state index in [0.29, 0.717) is 17.3 Å². The molecule has 0 aliphatic carbocycles. The van der Waals surface area contributed by atoms with Gasteiger partial charge < -0.3 is 9.30 Å². The molecule has 0 saturated heterocycles. The predicted molar refractivity (Wildman–Crippen MR) is 104 cm³/mol. The Hall–Kier alpha value is -2.74. The van der Waals surface area contributed by atoms with E-state index in [2.05, 4.69) is 30.0 Å². The second-order valence-corrected chi connectivity index (χ2v) is 7.41. The maximum absolute atomic E-state index is 12.5. The van der Waals surface area contributed by atoms with Gasteiger partial charge in [-0.1, -0.05) is 31.3 Å². The SMILES string of the molecule is CCn1ccc(C(=O)N=c2sc3cc(C(C)C)ccc3n2CC(=O)OC)n1. The second kappa shape index (κ2) is 7.87. The third kappa shape index (κ3) is 4.00. The first-order valence-corrected chi connectivity index (χ1v) is 9.57. The molecule has 0 fully saturated rings. The van der Waals surface area contributed by atoms with Gasteiger partial charge in [-0.2, -0.15) is 10.1 Å². The summed E-state index contributed by atoms with van der Waals surface area (Å²) in [5.74, 6) is -0.450. The molecule has 0 spiro atoms. The number of methoxy groups -OCH3 is 1. The molecule has 1 aromatic carbocycles. The van der Waals surface area contributed by atoms with Crippen LogP contribution in [-0.4, -0.2) is 33.3 Å². The number of carbonyl (C=O) groups is 2. The molecule has 0 atom stereocenters. The molecule has 1 amide bonds. The molecule has 0 saturated carbocycles. The molecular formula is C19H22N4O3S. The molecule has 0 N–H and O–H groups in total. The van der Waals surface area contributed by atoms with Crippen LogP contribution in [0.2, 0.25) is 0 Å². The number of benzene rings is 1. The number of aryl methyl sites for hydroxylation is 1. The molecule has 0 bridgehead atoms. The normalized spacial score (nSPS) is 12.1. The van der Waals surface area contributed by atoms with E-state index < -0.39 is 11.9 Å². The third-order valence-corrected chi connectivity index (χ3v) is 5.31. The molecular weight excluding hydrogens is 364 g/mol. The quantitative estimate of drug-likeness (QED) is 0.632. The Balaban J connectivity index is 2.12. The van der Waals surface area contributed by atoms with Gasteiger partial charge >= 0.3 is 5.97 Å². The van der Waals surface area contributed by atoms with Gasteiger partial charge in [-0.3, -0.25) is 14.3 Å². The molecule has 0 radical (unpaired) electrons. The summed E-state index contributed by atoms with van der Waals surface area (Å²) in [5, 5.41) is 4.20. The van der Waals surface area contributed by atoms with Crippen molar-refractivity contribution in [3.8, 4) is 0 Å². The molecule has 8 heteroatoms. The van der Waals surface area contributed by atoms with Gasteiger partial charge in [0.05, 0.1) is 17.3 Å². The molecule has 27 heavy (non-hydrogen) atoms. The lowest BCUT2D eigenvalue weighted by Gasteiger charge is -2.06. The summed E-state index contributed by atoms with van der Waals surface area (Å²) in [4.78, 5) is 29.1. The maximum atomic E-state index is 12.5. The highest BCUT2D eigenvalue weighted by molar-refractivity contribution is 7.16. The van der Waals surface area contributed by atoms with Crippen LogP contribution >= 0.6 is 11.3 Å². The topological polar surface area (TPSA) is 78.5 Å². The van der Waals surface area contributed by atoms with Crippen LogP contribution in [0.25, 0.3) is 10.2 Å². The van der Waals surface area contributed by atoms with Crippen molar-refractivity contribution in [2.45, 2.75) is 39.8 Å². The van der Waals surface area contributed by atoms with Crippen LogP contribution in [0.1, 0.15) is 42.7 Å². The molecule has 0 unspecified atom stereocenters. The van der Waals surface area contributed by atoms with E-state index in [1.165, 1.54) is 24.0 Å². The smallest absolute Gasteiger partial charge is 0.325 e. The van der Waals surface area contributed by atoms with Crippen molar-refractivity contribution in [3.05, 3.63) is 46.5 Å². The van der Waals surface area contributed by atoms with Crippen LogP contribution in [0.5, 0.6) is 0 Å². The Morgan fingerprint density at radius 3 is 2.70 bits per heavy atom. The molecule has 2 aromatic heterocycles. The zero-order chi connectivity index (χ0) is 19.6. The Kier molecular flexibility index (Phi) is 5.55. The summed E-state index contributed by atoms with van der Waals surface area (Å²) in [7, 11) is 1.34. The number of hydrogen-bond acceptors (Lipinski definition) is 5. The number of esters is 1. The number of amides is 1. The largest absolute Gasteiger partial charge is 0.468 e. The summed E-state index contributed by atoms with van der Waals surface area (Å²) in [6, 6.07) is 7.71. The minimum atomic E-state index is -0.434. The lowest BCUT2D eigenvalue weighted by molar-refractivity contribution is -0.141. The van der Waals surface area contributed by atoms with Crippen molar-refractivity contribution >= 4 is 33.4 Å². The van der Waals surface area contributed by atoms with E-state index in [1.54, 1.807) is 21.5 Å². The van der Waals surface area contributed by atoms with Gasteiger partial charge in [-0.05, 0) is 36.6 Å². The number of aromatic nitrogens is 3. The van der Waals surface area contributed by atoms with Crippen LogP contribution in [-0.2, 0) is 22.6 Å². The van der Waals surface area contributed by atoms with E-state index in [0.717, 1.165) is 10.2 Å². The average Bonchev–Trinajstić information content (AvgIpc) is 3.26. The van der Waals surface area contributed by atoms with Gasteiger partial charge in [0.2, 0.25) is 0 Å². The van der Waals surface area contributed by atoms with Crippen molar-refractivity contribution in [2.24, 2.45) is 4.99 Å². The summed E-state index contributed by atoms with van der Waals surface area (Å²) in [6.45, 7) is 6.86. The van der Waals surface area contributed by atoms with Crippen LogP contribution in [0, 0.1) is 0 Å². The van der Waals surface area contributed by atoms with Gasteiger partial charge in [0, 0.05) is 12.7 Å². The van der Waals surface area contributed by atoms with Crippen molar-refractivity contribution in [1.29, 1.82) is 0 Å². The average molecular weight is 386 g/mol. The number of hydrogen-bond donors (Lipinski definition) is 0. The van der Waals surface area contributed by atoms with Gasteiger partial charge in [0.15, 0.2) is 10.5 Å². The number of ether oxygens (including phenoxy) is 1. The fourth-order valence-corrected chi connectivity index (χ4v) is 3.75. The molecule has 142 valence electrons. The molecule has 0 aliphatic rings. The first kappa shape index (κ1) is 19.0. The van der Waals surface area contributed by atoms with E-state index in [4.69, 9.17) is 4.74 Å². The first-order chi connectivity index (χ1) is 12.9. The Morgan fingerprint density at radius 2 is 2.07 bits per heavy atom. The van der Waals surface area contributed by atoms with Gasteiger partial charge in [-0.15, -0.1) is 0 Å². The first-order valence-electron chi connectivity index (χ1n) is 8.75. The van der Waals surface area contributed by atoms with Crippen molar-refractivity contribution in [1.82, 2.24) is 14.3 Å². The van der Waals surface area contributed by atoms with Gasteiger partial charge in [0.1, 0.15) is 6.54 Å². The van der Waals surface area contributed by atoms with E-state index in [-0.39, 0.29) is 12.2 Å².